The van der Waals surface area contributed by atoms with Crippen molar-refractivity contribution in [3.8, 4) is 0 Å². The van der Waals surface area contributed by atoms with E-state index < -0.39 is 0 Å². The van der Waals surface area contributed by atoms with Crippen LogP contribution in [0, 0.1) is 0 Å². The van der Waals surface area contributed by atoms with Crippen LogP contribution in [0.15, 0.2) is 0 Å². The Morgan fingerprint density at radius 2 is 2.42 bits per heavy atom. The maximum atomic E-state index is 5.73. The minimum atomic E-state index is 0.00781. The number of thiol groups is 1. The van der Waals surface area contributed by atoms with Crippen LogP contribution in [0.4, 0.5) is 0 Å². The van der Waals surface area contributed by atoms with Crippen LogP contribution in [0.5, 0.6) is 0 Å². The van der Waals surface area contributed by atoms with Gasteiger partial charge in [0.2, 0.25) is 0 Å². The van der Waals surface area contributed by atoms with Crippen molar-refractivity contribution in [2.75, 3.05) is 12.4 Å². The van der Waals surface area contributed by atoms with Crippen LogP contribution in [-0.2, 0) is 4.74 Å². The van der Waals surface area contributed by atoms with Gasteiger partial charge >= 0.3 is 0 Å². The molecule has 0 bridgehead atoms. The summed E-state index contributed by atoms with van der Waals surface area (Å²) < 4.78 is 5.73. The summed E-state index contributed by atoms with van der Waals surface area (Å²) in [7, 11) is 0.00781. The van der Waals surface area contributed by atoms with Gasteiger partial charge in [0.25, 0.3) is 0 Å². The summed E-state index contributed by atoms with van der Waals surface area (Å²) in [6, 6.07) is 0. The van der Waals surface area contributed by atoms with E-state index >= 15 is 0 Å². The van der Waals surface area contributed by atoms with Gasteiger partial charge in [0.05, 0.1) is 9.52 Å². The van der Waals surface area contributed by atoms with Gasteiger partial charge in [-0.05, 0) is 31.4 Å². The molecule has 1 rings (SSSR count). The Morgan fingerprint density at radius 1 is 1.58 bits per heavy atom. The van der Waals surface area contributed by atoms with Gasteiger partial charge in [-0.3, -0.25) is 0 Å². The van der Waals surface area contributed by atoms with E-state index in [9.17, 15) is 0 Å². The Hall–Kier alpha value is 0.527. The maximum Gasteiger partial charge on any atom is 0.0584 e. The summed E-state index contributed by atoms with van der Waals surface area (Å²) in [5.74, 6) is 1.04. The largest absolute Gasteiger partial charge is 0.382 e. The Morgan fingerprint density at radius 3 is 3.00 bits per heavy atom. The summed E-state index contributed by atoms with van der Waals surface area (Å²) in [5.41, 5.74) is 1.61. The fourth-order valence-corrected chi connectivity index (χ4v) is 4.73. The Bertz CT molecular complexity index is 115. The fraction of sp³-hybridized carbons (Fsp3) is 1.00. The van der Waals surface area contributed by atoms with Gasteiger partial charge in [0.1, 0.15) is 0 Å². The summed E-state index contributed by atoms with van der Waals surface area (Å²) in [4.78, 5) is 0. The molecule has 1 saturated heterocycles. The standard InChI is InChI=1S/C9H20OSSi/c1-8(5-7-11)12-9-4-2-3-6-10-9/h8-9,11H,2-7,12H2,1H3. The topological polar surface area (TPSA) is 9.23 Å². The van der Waals surface area contributed by atoms with Gasteiger partial charge < -0.3 is 4.74 Å². The van der Waals surface area contributed by atoms with Gasteiger partial charge in [-0.2, -0.15) is 12.6 Å². The monoisotopic (exact) mass is 204 g/mol. The van der Waals surface area contributed by atoms with E-state index in [1.807, 2.05) is 0 Å². The molecule has 0 aliphatic carbocycles. The number of rotatable bonds is 4. The molecule has 72 valence electrons. The third-order valence-electron chi connectivity index (χ3n) is 2.56. The van der Waals surface area contributed by atoms with E-state index in [1.54, 1.807) is 0 Å². The average Bonchev–Trinajstić information content (AvgIpc) is 2.06. The molecule has 3 heteroatoms. The first-order valence-electron chi connectivity index (χ1n) is 5.05. The van der Waals surface area contributed by atoms with Crippen molar-refractivity contribution >= 4 is 22.1 Å². The van der Waals surface area contributed by atoms with Crippen molar-refractivity contribution in [2.45, 2.75) is 43.9 Å². The molecule has 2 unspecified atom stereocenters. The lowest BCUT2D eigenvalue weighted by Crippen LogP contribution is -2.27. The highest BCUT2D eigenvalue weighted by Gasteiger charge is 2.16. The lowest BCUT2D eigenvalue weighted by molar-refractivity contribution is 0.0643. The molecular formula is C9H20OSSi. The minimum absolute atomic E-state index is 0.00781. The molecule has 0 aromatic heterocycles. The molecule has 0 spiro atoms. The molecule has 0 amide bonds. The smallest absolute Gasteiger partial charge is 0.0584 e. The van der Waals surface area contributed by atoms with Crippen LogP contribution < -0.4 is 0 Å². The van der Waals surface area contributed by atoms with E-state index in [0.717, 1.165) is 17.9 Å². The second-order valence-corrected chi connectivity index (χ2v) is 7.06. The third kappa shape index (κ3) is 3.96. The molecule has 12 heavy (non-hydrogen) atoms. The van der Waals surface area contributed by atoms with Crippen LogP contribution in [0.1, 0.15) is 32.6 Å². The van der Waals surface area contributed by atoms with Gasteiger partial charge in [-0.15, -0.1) is 0 Å². The molecule has 0 aromatic rings. The van der Waals surface area contributed by atoms with E-state index in [-0.39, 0.29) is 9.52 Å². The second kappa shape index (κ2) is 6.05. The van der Waals surface area contributed by atoms with Crippen LogP contribution in [-0.4, -0.2) is 27.6 Å². The first-order valence-corrected chi connectivity index (χ1v) is 7.32. The summed E-state index contributed by atoms with van der Waals surface area (Å²) >= 11 is 4.26. The number of ether oxygens (including phenoxy) is 1. The van der Waals surface area contributed by atoms with E-state index in [2.05, 4.69) is 19.6 Å². The van der Waals surface area contributed by atoms with E-state index in [1.165, 1.54) is 25.7 Å². The number of hydrogen-bond donors (Lipinski definition) is 1. The highest BCUT2D eigenvalue weighted by atomic mass is 32.1. The van der Waals surface area contributed by atoms with Gasteiger partial charge in [0, 0.05) is 12.3 Å². The van der Waals surface area contributed by atoms with Gasteiger partial charge in [-0.25, -0.2) is 0 Å². The van der Waals surface area contributed by atoms with Gasteiger partial charge in [-0.1, -0.05) is 12.5 Å². The van der Waals surface area contributed by atoms with E-state index in [4.69, 9.17) is 4.74 Å². The molecule has 1 aliphatic heterocycles. The van der Waals surface area contributed by atoms with Crippen molar-refractivity contribution in [2.24, 2.45) is 0 Å². The van der Waals surface area contributed by atoms with Crippen molar-refractivity contribution in [1.29, 1.82) is 0 Å². The molecular weight excluding hydrogens is 184 g/mol. The Kier molecular flexibility index (Phi) is 5.35. The zero-order valence-electron chi connectivity index (χ0n) is 7.96. The maximum absolute atomic E-state index is 5.73. The molecule has 0 saturated carbocycles. The summed E-state index contributed by atoms with van der Waals surface area (Å²) in [6.45, 7) is 3.38. The minimum Gasteiger partial charge on any atom is -0.382 e. The lowest BCUT2D eigenvalue weighted by atomic mass is 10.2. The predicted molar refractivity (Wildman–Crippen MR) is 60.0 cm³/mol. The number of hydrogen-bond acceptors (Lipinski definition) is 2. The normalized spacial score (nSPS) is 28.0. The molecule has 2 atom stereocenters. The summed E-state index contributed by atoms with van der Waals surface area (Å²) in [6.07, 6.45) is 5.30. The van der Waals surface area contributed by atoms with Crippen molar-refractivity contribution < 1.29 is 4.74 Å². The van der Waals surface area contributed by atoms with Crippen LogP contribution in [0.2, 0.25) is 5.54 Å². The molecule has 1 nitrogen and oxygen atoms in total. The SMILES string of the molecule is CC(CCS)[SiH2]C1CCCCO1. The zero-order chi connectivity index (χ0) is 8.81. The highest BCUT2D eigenvalue weighted by molar-refractivity contribution is 7.80. The third-order valence-corrected chi connectivity index (χ3v) is 5.20. The van der Waals surface area contributed by atoms with Crippen LogP contribution >= 0.6 is 12.6 Å². The van der Waals surface area contributed by atoms with Crippen LogP contribution in [0.25, 0.3) is 0 Å². The van der Waals surface area contributed by atoms with Crippen molar-refractivity contribution in [1.82, 2.24) is 0 Å². The molecule has 1 aliphatic rings. The fourth-order valence-electron chi connectivity index (χ4n) is 1.78. The molecule has 0 aromatic carbocycles. The molecule has 0 radical (unpaired) electrons. The Labute approximate surface area is 83.5 Å². The quantitative estimate of drug-likeness (QED) is 0.543. The zero-order valence-corrected chi connectivity index (χ0v) is 10.3. The predicted octanol–water partition coefficient (Wildman–Crippen LogP) is 1.81. The Balaban J connectivity index is 2.11. The molecule has 0 N–H and O–H groups in total. The van der Waals surface area contributed by atoms with Crippen molar-refractivity contribution in [3.63, 3.8) is 0 Å². The lowest BCUT2D eigenvalue weighted by Gasteiger charge is -2.24. The summed E-state index contributed by atoms with van der Waals surface area (Å²) in [5, 5.41) is 0. The average molecular weight is 204 g/mol. The first kappa shape index (κ1) is 10.6. The molecule has 1 fully saturated rings. The first-order chi connectivity index (χ1) is 5.83. The van der Waals surface area contributed by atoms with Crippen LogP contribution in [0.3, 0.4) is 0 Å². The molecule has 1 heterocycles. The highest BCUT2D eigenvalue weighted by Crippen LogP contribution is 2.18. The van der Waals surface area contributed by atoms with E-state index in [0.29, 0.717) is 5.73 Å². The van der Waals surface area contributed by atoms with Gasteiger partial charge in [0.15, 0.2) is 0 Å². The second-order valence-electron chi connectivity index (χ2n) is 3.84. The van der Waals surface area contributed by atoms with Crippen molar-refractivity contribution in [3.05, 3.63) is 0 Å².